The summed E-state index contributed by atoms with van der Waals surface area (Å²) in [5, 5.41) is 13.9. The summed E-state index contributed by atoms with van der Waals surface area (Å²) in [5.41, 5.74) is 0.935. The molecule has 0 spiro atoms. The van der Waals surface area contributed by atoms with Crippen molar-refractivity contribution in [2.24, 2.45) is 0 Å². The first-order valence-corrected chi connectivity index (χ1v) is 8.40. The third kappa shape index (κ3) is 4.70. The lowest BCUT2D eigenvalue weighted by Gasteiger charge is -2.09. The van der Waals surface area contributed by atoms with E-state index in [1.165, 1.54) is 31.5 Å². The summed E-state index contributed by atoms with van der Waals surface area (Å²) in [5.74, 6) is -2.02. The molecule has 0 unspecified atom stereocenters. The fraction of sp³-hybridized carbons (Fsp3) is 0.100. The van der Waals surface area contributed by atoms with Crippen molar-refractivity contribution >= 4 is 17.4 Å². The number of ether oxygens (including phenoxy) is 1. The number of carbonyl (C=O) groups excluding carboxylic acids is 1. The van der Waals surface area contributed by atoms with Crippen LogP contribution < -0.4 is 10.1 Å². The van der Waals surface area contributed by atoms with E-state index in [1.54, 1.807) is 18.2 Å². The van der Waals surface area contributed by atoms with Gasteiger partial charge >= 0.3 is 0 Å². The monoisotopic (exact) mass is 399 g/mol. The number of halogens is 2. The smallest absolute Gasteiger partial charge is 0.280 e. The second-order valence-corrected chi connectivity index (χ2v) is 6.04. The van der Waals surface area contributed by atoms with Gasteiger partial charge in [-0.1, -0.05) is 6.07 Å². The number of methoxy groups -OCH3 is 1. The first-order valence-electron chi connectivity index (χ1n) is 8.40. The number of aromatic nitrogens is 1. The highest BCUT2D eigenvalue weighted by Crippen LogP contribution is 2.33. The van der Waals surface area contributed by atoms with E-state index in [4.69, 9.17) is 4.74 Å². The number of benzene rings is 2. The van der Waals surface area contributed by atoms with Crippen molar-refractivity contribution in [2.75, 3.05) is 12.4 Å². The molecule has 2 aromatic carbocycles. The van der Waals surface area contributed by atoms with Crippen LogP contribution in [0.1, 0.15) is 5.56 Å². The number of pyridine rings is 1. The van der Waals surface area contributed by atoms with Gasteiger partial charge in [0.05, 0.1) is 30.1 Å². The normalized spacial score (nSPS) is 10.4. The molecule has 0 fully saturated rings. The number of nitro groups is 1. The van der Waals surface area contributed by atoms with Crippen LogP contribution in [0.25, 0.3) is 11.1 Å². The summed E-state index contributed by atoms with van der Waals surface area (Å²) < 4.78 is 31.3. The van der Waals surface area contributed by atoms with Gasteiger partial charge in [-0.05, 0) is 47.5 Å². The molecule has 0 aliphatic carbocycles. The largest absolute Gasteiger partial charge is 0.497 e. The Hall–Kier alpha value is -3.88. The van der Waals surface area contributed by atoms with Crippen molar-refractivity contribution in [1.82, 2.24) is 4.98 Å². The van der Waals surface area contributed by atoms with Gasteiger partial charge in [-0.25, -0.2) is 13.8 Å². The standard InChI is InChI=1S/C20H15F2N3O4/c1-29-14-3-4-15(18(11-14)25(27)28)13-6-7-23-19(10-13)24-20(26)9-12-2-5-16(21)17(22)8-12/h2-8,10-11H,9H2,1H3,(H,23,24,26). The number of amides is 1. The lowest BCUT2D eigenvalue weighted by molar-refractivity contribution is -0.384. The number of nitrogens with zero attached hydrogens (tertiary/aromatic N) is 2. The minimum atomic E-state index is -1.04. The molecule has 0 atom stereocenters. The third-order valence-corrected chi connectivity index (χ3v) is 4.09. The molecule has 0 aliphatic rings. The van der Waals surface area contributed by atoms with Crippen LogP contribution in [0.2, 0.25) is 0 Å². The van der Waals surface area contributed by atoms with Crippen LogP contribution in [0, 0.1) is 21.7 Å². The Kier molecular flexibility index (Phi) is 5.77. The molecule has 29 heavy (non-hydrogen) atoms. The Morgan fingerprint density at radius 3 is 2.62 bits per heavy atom. The summed E-state index contributed by atoms with van der Waals surface area (Å²) in [7, 11) is 1.41. The Labute approximate surface area is 164 Å². The van der Waals surface area contributed by atoms with Gasteiger partial charge in [0.15, 0.2) is 11.6 Å². The molecule has 1 heterocycles. The van der Waals surface area contributed by atoms with Gasteiger partial charge in [0.1, 0.15) is 11.6 Å². The van der Waals surface area contributed by atoms with E-state index in [0.717, 1.165) is 12.1 Å². The minimum absolute atomic E-state index is 0.158. The fourth-order valence-corrected chi connectivity index (χ4v) is 2.72. The number of carbonyl (C=O) groups is 1. The molecule has 0 saturated heterocycles. The predicted octanol–water partition coefficient (Wildman–Crippen LogP) is 4.12. The van der Waals surface area contributed by atoms with Gasteiger partial charge in [0.25, 0.3) is 5.69 Å². The molecule has 9 heteroatoms. The van der Waals surface area contributed by atoms with Crippen LogP contribution in [-0.2, 0) is 11.2 Å². The molecule has 0 bridgehead atoms. The van der Waals surface area contributed by atoms with Crippen LogP contribution >= 0.6 is 0 Å². The lowest BCUT2D eigenvalue weighted by atomic mass is 10.0. The second kappa shape index (κ2) is 8.42. The van der Waals surface area contributed by atoms with Crippen molar-refractivity contribution in [3.63, 3.8) is 0 Å². The quantitative estimate of drug-likeness (QED) is 0.497. The number of anilines is 1. The third-order valence-electron chi connectivity index (χ3n) is 4.09. The molecule has 148 valence electrons. The highest BCUT2D eigenvalue weighted by atomic mass is 19.2. The van der Waals surface area contributed by atoms with E-state index < -0.39 is 22.5 Å². The van der Waals surface area contributed by atoms with E-state index >= 15 is 0 Å². The molecule has 3 rings (SSSR count). The van der Waals surface area contributed by atoms with Crippen molar-refractivity contribution in [2.45, 2.75) is 6.42 Å². The van der Waals surface area contributed by atoms with E-state index in [2.05, 4.69) is 10.3 Å². The maximum absolute atomic E-state index is 13.3. The van der Waals surface area contributed by atoms with Gasteiger partial charge < -0.3 is 10.1 Å². The summed E-state index contributed by atoms with van der Waals surface area (Å²) in [4.78, 5) is 27.1. The molecule has 0 radical (unpaired) electrons. The molecule has 3 aromatic rings. The molecule has 1 N–H and O–H groups in total. The number of hydrogen-bond donors (Lipinski definition) is 1. The summed E-state index contributed by atoms with van der Waals surface area (Å²) in [6.07, 6.45) is 1.21. The van der Waals surface area contributed by atoms with Crippen LogP contribution in [0.5, 0.6) is 5.75 Å². The molecular weight excluding hydrogens is 384 g/mol. The number of hydrogen-bond acceptors (Lipinski definition) is 5. The Balaban J connectivity index is 1.82. The van der Waals surface area contributed by atoms with Crippen LogP contribution in [0.15, 0.2) is 54.7 Å². The number of nitrogens with one attached hydrogen (secondary N) is 1. The molecule has 7 nitrogen and oxygen atoms in total. The van der Waals surface area contributed by atoms with Gasteiger partial charge in [0.2, 0.25) is 5.91 Å². The van der Waals surface area contributed by atoms with E-state index in [0.29, 0.717) is 22.4 Å². The van der Waals surface area contributed by atoms with Crippen molar-refractivity contribution in [3.05, 3.63) is 82.0 Å². The van der Waals surface area contributed by atoms with E-state index in [-0.39, 0.29) is 17.9 Å². The zero-order chi connectivity index (χ0) is 21.0. The first kappa shape index (κ1) is 19.9. The zero-order valence-corrected chi connectivity index (χ0v) is 15.2. The predicted molar refractivity (Wildman–Crippen MR) is 102 cm³/mol. The second-order valence-electron chi connectivity index (χ2n) is 6.04. The minimum Gasteiger partial charge on any atom is -0.497 e. The van der Waals surface area contributed by atoms with Crippen molar-refractivity contribution in [1.29, 1.82) is 0 Å². The van der Waals surface area contributed by atoms with E-state index in [1.807, 2.05) is 0 Å². The Morgan fingerprint density at radius 2 is 1.93 bits per heavy atom. The lowest BCUT2D eigenvalue weighted by Crippen LogP contribution is -2.15. The summed E-state index contributed by atoms with van der Waals surface area (Å²) >= 11 is 0. The maximum atomic E-state index is 13.3. The molecule has 1 amide bonds. The van der Waals surface area contributed by atoms with Gasteiger partial charge in [-0.15, -0.1) is 0 Å². The fourth-order valence-electron chi connectivity index (χ4n) is 2.72. The Morgan fingerprint density at radius 1 is 1.14 bits per heavy atom. The topological polar surface area (TPSA) is 94.4 Å². The van der Waals surface area contributed by atoms with Gasteiger partial charge in [-0.2, -0.15) is 0 Å². The van der Waals surface area contributed by atoms with Crippen molar-refractivity contribution in [3.8, 4) is 16.9 Å². The van der Waals surface area contributed by atoms with Crippen LogP contribution in [0.3, 0.4) is 0 Å². The first-order chi connectivity index (χ1) is 13.9. The Bertz CT molecular complexity index is 1090. The highest BCUT2D eigenvalue weighted by molar-refractivity contribution is 5.92. The molecule has 0 saturated carbocycles. The average molecular weight is 399 g/mol. The SMILES string of the molecule is COc1ccc(-c2ccnc(NC(=O)Cc3ccc(F)c(F)c3)c2)c([N+](=O)[O-])c1. The van der Waals surface area contributed by atoms with Gasteiger partial charge in [0, 0.05) is 6.20 Å². The van der Waals surface area contributed by atoms with Gasteiger partial charge in [-0.3, -0.25) is 14.9 Å². The zero-order valence-electron chi connectivity index (χ0n) is 15.2. The number of rotatable bonds is 6. The highest BCUT2D eigenvalue weighted by Gasteiger charge is 2.17. The summed E-state index contributed by atoms with van der Waals surface area (Å²) in [6, 6.07) is 10.7. The van der Waals surface area contributed by atoms with Crippen molar-refractivity contribution < 1.29 is 23.2 Å². The average Bonchev–Trinajstić information content (AvgIpc) is 2.70. The molecular formula is C20H15F2N3O4. The molecule has 1 aromatic heterocycles. The number of nitro benzene ring substituents is 1. The maximum Gasteiger partial charge on any atom is 0.280 e. The van der Waals surface area contributed by atoms with Crippen LogP contribution in [-0.4, -0.2) is 22.9 Å². The summed E-state index contributed by atoms with van der Waals surface area (Å²) in [6.45, 7) is 0. The van der Waals surface area contributed by atoms with E-state index in [9.17, 15) is 23.7 Å². The van der Waals surface area contributed by atoms with Crippen LogP contribution in [0.4, 0.5) is 20.3 Å². The molecule has 0 aliphatic heterocycles.